The molecule has 49 heavy (non-hydrogen) atoms. The normalized spacial score (nSPS) is 14.3. The minimum Gasteiger partial charge on any atom is -0.384 e. The highest BCUT2D eigenvalue weighted by Crippen LogP contribution is 2.17. The minimum absolute atomic E-state index is 0.543. The van der Waals surface area contributed by atoms with Crippen LogP contribution in [0.5, 0.6) is 0 Å². The molecule has 0 aromatic carbocycles. The maximum absolute atomic E-state index is 5.77. The molecule has 0 spiro atoms. The van der Waals surface area contributed by atoms with E-state index in [1.54, 1.807) is 18.5 Å². The molecule has 6 rings (SSSR count). The van der Waals surface area contributed by atoms with Crippen LogP contribution in [-0.2, 0) is 22.7 Å². The number of nitrogen functional groups attached to an aromatic ring is 1. The summed E-state index contributed by atoms with van der Waals surface area (Å²) in [6.45, 7) is 9.54. The summed E-state index contributed by atoms with van der Waals surface area (Å²) in [5.74, 6) is 3.07. The first-order valence-electron chi connectivity index (χ1n) is 17.0. The number of nitrogens with one attached hydrogen (secondary N) is 3. The number of nitrogens with two attached hydrogens (primary N) is 1. The standard InChI is InChI=1S/C18H25N5O.C12H19N3O.C6H7BrN2/c1-19-18-13-15(7-8-20-18)21-17-6-4-5-16(22-17)14-24-12-11-23-9-2-3-10-23;13-12-5-3-4-11(14-12)10-16-9-8-15-6-1-2-7-15;1-8-6-4-5(7)2-3-9-6/h4-8,13H,2-3,9-12,14H2,1H3,(H2,19,20,21,22);3-5H,1-2,6-10H2,(H2,13,14);2-4H,1H3,(H,8,9). The number of likely N-dealkylation sites (tertiary alicyclic amines) is 2. The van der Waals surface area contributed by atoms with Crippen molar-refractivity contribution >= 4 is 44.9 Å². The third-order valence-corrected chi connectivity index (χ3v) is 8.40. The summed E-state index contributed by atoms with van der Waals surface area (Å²) >= 11 is 3.32. The number of rotatable bonds is 14. The summed E-state index contributed by atoms with van der Waals surface area (Å²) in [5.41, 5.74) is 8.38. The van der Waals surface area contributed by atoms with Crippen LogP contribution in [0.4, 0.5) is 29.0 Å². The first kappa shape index (κ1) is 37.9. The number of aromatic nitrogens is 4. The van der Waals surface area contributed by atoms with Crippen LogP contribution < -0.4 is 21.7 Å². The van der Waals surface area contributed by atoms with Gasteiger partial charge in [0.2, 0.25) is 0 Å². The van der Waals surface area contributed by atoms with Crippen molar-refractivity contribution in [2.75, 3.05) is 88.3 Å². The topological polar surface area (TPSA) is 139 Å². The molecule has 6 heterocycles. The number of pyridine rings is 4. The van der Waals surface area contributed by atoms with Gasteiger partial charge in [0, 0.05) is 55.8 Å². The second kappa shape index (κ2) is 22.0. The van der Waals surface area contributed by atoms with Crippen molar-refractivity contribution in [2.45, 2.75) is 38.9 Å². The van der Waals surface area contributed by atoms with Crippen molar-refractivity contribution in [2.24, 2.45) is 0 Å². The molecule has 4 aromatic rings. The van der Waals surface area contributed by atoms with Crippen molar-refractivity contribution in [1.29, 1.82) is 0 Å². The molecule has 12 nitrogen and oxygen atoms in total. The monoisotopic (exact) mass is 734 g/mol. The van der Waals surface area contributed by atoms with Gasteiger partial charge in [-0.25, -0.2) is 19.9 Å². The van der Waals surface area contributed by atoms with E-state index in [2.05, 4.69) is 61.6 Å². The lowest BCUT2D eigenvalue weighted by molar-refractivity contribution is 0.0972. The molecule has 0 aliphatic carbocycles. The SMILES string of the molecule is CNc1cc(Br)ccn1.CNc1cc(Nc2cccc(COCCN3CCCC3)n2)ccn1.Nc1cccc(COCCN2CCCC2)n1. The van der Waals surface area contributed by atoms with Crippen molar-refractivity contribution < 1.29 is 9.47 Å². The van der Waals surface area contributed by atoms with Crippen LogP contribution in [0.25, 0.3) is 0 Å². The molecular formula is C36H51BrN10O2. The van der Waals surface area contributed by atoms with E-state index in [1.807, 2.05) is 68.7 Å². The Morgan fingerprint density at radius 3 is 1.80 bits per heavy atom. The van der Waals surface area contributed by atoms with Gasteiger partial charge in [0.25, 0.3) is 0 Å². The Labute approximate surface area is 299 Å². The van der Waals surface area contributed by atoms with Crippen LogP contribution >= 0.6 is 15.9 Å². The quantitative estimate of drug-likeness (QED) is 0.112. The zero-order valence-electron chi connectivity index (χ0n) is 28.8. The molecule has 0 radical (unpaired) electrons. The lowest BCUT2D eigenvalue weighted by atomic mass is 10.3. The van der Waals surface area contributed by atoms with Gasteiger partial charge in [-0.3, -0.25) is 0 Å². The van der Waals surface area contributed by atoms with Gasteiger partial charge >= 0.3 is 0 Å². The van der Waals surface area contributed by atoms with E-state index in [1.165, 1.54) is 51.9 Å². The highest BCUT2D eigenvalue weighted by Gasteiger charge is 2.11. The lowest BCUT2D eigenvalue weighted by Gasteiger charge is -2.14. The van der Waals surface area contributed by atoms with Crippen LogP contribution in [-0.4, -0.2) is 96.3 Å². The van der Waals surface area contributed by atoms with E-state index in [4.69, 9.17) is 15.2 Å². The Morgan fingerprint density at radius 2 is 1.24 bits per heavy atom. The Kier molecular flexibility index (Phi) is 17.0. The summed E-state index contributed by atoms with van der Waals surface area (Å²) in [4.78, 5) is 21.9. The highest BCUT2D eigenvalue weighted by atomic mass is 79.9. The van der Waals surface area contributed by atoms with Gasteiger partial charge in [0.15, 0.2) is 0 Å². The van der Waals surface area contributed by atoms with E-state index >= 15 is 0 Å². The van der Waals surface area contributed by atoms with Gasteiger partial charge in [-0.2, -0.15) is 0 Å². The van der Waals surface area contributed by atoms with Crippen LogP contribution in [0.1, 0.15) is 37.1 Å². The molecular weight excluding hydrogens is 684 g/mol. The molecule has 2 saturated heterocycles. The van der Waals surface area contributed by atoms with E-state index in [0.717, 1.165) is 65.3 Å². The highest BCUT2D eigenvalue weighted by molar-refractivity contribution is 9.10. The first-order chi connectivity index (χ1) is 24.0. The van der Waals surface area contributed by atoms with Gasteiger partial charge < -0.3 is 41.0 Å². The molecule has 0 unspecified atom stereocenters. The molecule has 5 N–H and O–H groups in total. The third-order valence-electron chi connectivity index (χ3n) is 7.90. The Morgan fingerprint density at radius 1 is 0.694 bits per heavy atom. The number of nitrogens with zero attached hydrogens (tertiary/aromatic N) is 6. The molecule has 0 amide bonds. The van der Waals surface area contributed by atoms with Crippen molar-refractivity contribution in [3.63, 3.8) is 0 Å². The number of hydrogen-bond acceptors (Lipinski definition) is 12. The Hall–Kier alpha value is -3.88. The van der Waals surface area contributed by atoms with Gasteiger partial charge in [0.1, 0.15) is 23.3 Å². The predicted molar refractivity (Wildman–Crippen MR) is 202 cm³/mol. The molecule has 264 valence electrons. The molecule has 13 heteroatoms. The Balaban J connectivity index is 0.000000185. The van der Waals surface area contributed by atoms with Gasteiger partial charge in [-0.1, -0.05) is 28.1 Å². The number of hydrogen-bond donors (Lipinski definition) is 4. The molecule has 0 saturated carbocycles. The minimum atomic E-state index is 0.543. The van der Waals surface area contributed by atoms with Crippen LogP contribution in [0.3, 0.4) is 0 Å². The zero-order chi connectivity index (χ0) is 34.5. The summed E-state index contributed by atoms with van der Waals surface area (Å²) in [6.07, 6.45) is 8.81. The maximum Gasteiger partial charge on any atom is 0.130 e. The van der Waals surface area contributed by atoms with E-state index < -0.39 is 0 Å². The second-order valence-electron chi connectivity index (χ2n) is 11.7. The maximum atomic E-state index is 5.77. The van der Waals surface area contributed by atoms with Gasteiger partial charge in [-0.05, 0) is 94.3 Å². The Bertz CT molecular complexity index is 1500. The summed E-state index contributed by atoms with van der Waals surface area (Å²) in [7, 11) is 3.69. The number of anilines is 5. The van der Waals surface area contributed by atoms with Gasteiger partial charge in [-0.15, -0.1) is 0 Å². The molecule has 0 atom stereocenters. The van der Waals surface area contributed by atoms with E-state index in [9.17, 15) is 0 Å². The average Bonchev–Trinajstić information content (AvgIpc) is 3.85. The second-order valence-corrected chi connectivity index (χ2v) is 12.6. The molecule has 0 bridgehead atoms. The summed E-state index contributed by atoms with van der Waals surface area (Å²) in [6, 6.07) is 19.2. The molecule has 4 aromatic heterocycles. The fourth-order valence-electron chi connectivity index (χ4n) is 5.30. The van der Waals surface area contributed by atoms with E-state index in [-0.39, 0.29) is 0 Å². The zero-order valence-corrected chi connectivity index (χ0v) is 30.4. The molecule has 2 aliphatic heterocycles. The number of ether oxygens (including phenoxy) is 2. The fraction of sp³-hybridized carbons (Fsp3) is 0.444. The smallest absolute Gasteiger partial charge is 0.130 e. The van der Waals surface area contributed by atoms with Crippen molar-refractivity contribution in [1.82, 2.24) is 29.7 Å². The first-order valence-corrected chi connectivity index (χ1v) is 17.8. The lowest BCUT2D eigenvalue weighted by Crippen LogP contribution is -2.24. The van der Waals surface area contributed by atoms with Crippen LogP contribution in [0.2, 0.25) is 0 Å². The number of halogens is 1. The summed E-state index contributed by atoms with van der Waals surface area (Å²) < 4.78 is 12.4. The largest absolute Gasteiger partial charge is 0.384 e. The van der Waals surface area contributed by atoms with Crippen molar-refractivity contribution in [3.8, 4) is 0 Å². The van der Waals surface area contributed by atoms with Crippen LogP contribution in [0, 0.1) is 0 Å². The van der Waals surface area contributed by atoms with E-state index in [0.29, 0.717) is 19.0 Å². The molecule has 2 aliphatic rings. The molecule has 2 fully saturated rings. The van der Waals surface area contributed by atoms with Gasteiger partial charge in [0.05, 0.1) is 37.8 Å². The average molecular weight is 736 g/mol. The summed E-state index contributed by atoms with van der Waals surface area (Å²) in [5, 5.41) is 9.25. The third kappa shape index (κ3) is 15.0. The van der Waals surface area contributed by atoms with Crippen molar-refractivity contribution in [3.05, 3.63) is 88.9 Å². The fourth-order valence-corrected chi connectivity index (χ4v) is 5.63. The van der Waals surface area contributed by atoms with Crippen LogP contribution in [0.15, 0.2) is 77.5 Å². The predicted octanol–water partition coefficient (Wildman–Crippen LogP) is 6.04.